The average molecular weight is 225 g/mol. The molecular formula is C9H11N3O4. The van der Waals surface area contributed by atoms with Crippen LogP contribution in [0.2, 0.25) is 0 Å². The van der Waals surface area contributed by atoms with Crippen LogP contribution in [0, 0.1) is 10.1 Å². The average Bonchev–Trinajstić information content (AvgIpc) is 2.75. The first kappa shape index (κ1) is 10.5. The van der Waals surface area contributed by atoms with Crippen LogP contribution < -0.4 is 5.32 Å². The topological polar surface area (TPSA) is 86.4 Å². The van der Waals surface area contributed by atoms with E-state index in [1.165, 1.54) is 18.7 Å². The summed E-state index contributed by atoms with van der Waals surface area (Å²) in [6.07, 6.45) is 0.599. The number of hydrogen-bond acceptors (Lipinski definition) is 5. The number of fused-ring (bicyclic) bond motifs is 1. The van der Waals surface area contributed by atoms with E-state index in [0.717, 1.165) is 0 Å². The lowest BCUT2D eigenvalue weighted by molar-refractivity contribution is -0.390. The summed E-state index contributed by atoms with van der Waals surface area (Å²) in [7, 11) is 2.75. The van der Waals surface area contributed by atoms with Crippen molar-refractivity contribution in [2.75, 3.05) is 19.0 Å². The molecule has 7 heteroatoms. The van der Waals surface area contributed by atoms with Crippen LogP contribution >= 0.6 is 0 Å². The number of nitro groups is 1. The SMILES string of the molecule is COC(=O)c1c2c(c([N+](=O)[O-])n1C)NCC2. The highest BCUT2D eigenvalue weighted by Crippen LogP contribution is 2.37. The van der Waals surface area contributed by atoms with Gasteiger partial charge >= 0.3 is 11.8 Å². The van der Waals surface area contributed by atoms with E-state index in [2.05, 4.69) is 10.1 Å². The Labute approximate surface area is 91.1 Å². The number of anilines is 1. The minimum Gasteiger partial charge on any atom is -0.463 e. The first-order chi connectivity index (χ1) is 7.57. The van der Waals surface area contributed by atoms with Crippen molar-refractivity contribution in [3.8, 4) is 0 Å². The monoisotopic (exact) mass is 225 g/mol. The molecule has 1 aromatic heterocycles. The van der Waals surface area contributed by atoms with Crippen LogP contribution in [-0.2, 0) is 18.2 Å². The van der Waals surface area contributed by atoms with Gasteiger partial charge in [-0.05, 0) is 11.3 Å². The van der Waals surface area contributed by atoms with E-state index in [0.29, 0.717) is 24.2 Å². The van der Waals surface area contributed by atoms with Gasteiger partial charge in [-0.15, -0.1) is 0 Å². The summed E-state index contributed by atoms with van der Waals surface area (Å²) < 4.78 is 5.89. The van der Waals surface area contributed by atoms with Gasteiger partial charge in [-0.2, -0.15) is 0 Å². The maximum atomic E-state index is 11.5. The number of nitrogens with zero attached hydrogens (tertiary/aromatic N) is 2. The molecule has 0 fully saturated rings. The van der Waals surface area contributed by atoms with E-state index in [4.69, 9.17) is 0 Å². The Bertz CT molecular complexity index is 478. The van der Waals surface area contributed by atoms with Gasteiger partial charge in [0.25, 0.3) is 0 Å². The molecule has 0 radical (unpaired) electrons. The Kier molecular flexibility index (Phi) is 2.30. The molecule has 0 spiro atoms. The molecule has 0 unspecified atom stereocenters. The van der Waals surface area contributed by atoms with Crippen LogP contribution in [0.15, 0.2) is 0 Å². The summed E-state index contributed by atoms with van der Waals surface area (Å²) in [6, 6.07) is 0. The number of carbonyl (C=O) groups is 1. The smallest absolute Gasteiger partial charge is 0.378 e. The number of carbonyl (C=O) groups excluding carboxylic acids is 1. The number of aromatic nitrogens is 1. The van der Waals surface area contributed by atoms with E-state index < -0.39 is 10.9 Å². The summed E-state index contributed by atoms with van der Waals surface area (Å²) >= 11 is 0. The van der Waals surface area contributed by atoms with Gasteiger partial charge in [0.1, 0.15) is 5.69 Å². The van der Waals surface area contributed by atoms with Crippen molar-refractivity contribution in [1.29, 1.82) is 0 Å². The molecule has 2 heterocycles. The zero-order valence-electron chi connectivity index (χ0n) is 8.94. The van der Waals surface area contributed by atoms with Crippen LogP contribution in [0.4, 0.5) is 11.5 Å². The van der Waals surface area contributed by atoms with Crippen molar-refractivity contribution in [2.45, 2.75) is 6.42 Å². The lowest BCUT2D eigenvalue weighted by Gasteiger charge is -2.01. The third-order valence-electron chi connectivity index (χ3n) is 2.69. The van der Waals surface area contributed by atoms with Crippen LogP contribution in [0.3, 0.4) is 0 Å². The third-order valence-corrected chi connectivity index (χ3v) is 2.69. The molecule has 0 saturated heterocycles. The van der Waals surface area contributed by atoms with E-state index in [9.17, 15) is 14.9 Å². The number of rotatable bonds is 2. The second-order valence-corrected chi connectivity index (χ2v) is 3.51. The molecule has 2 rings (SSSR count). The second-order valence-electron chi connectivity index (χ2n) is 3.51. The Balaban J connectivity index is 2.67. The van der Waals surface area contributed by atoms with E-state index >= 15 is 0 Å². The van der Waals surface area contributed by atoms with Crippen molar-refractivity contribution >= 4 is 17.5 Å². The van der Waals surface area contributed by atoms with Gasteiger partial charge in [-0.25, -0.2) is 9.36 Å². The zero-order chi connectivity index (χ0) is 11.9. The first-order valence-electron chi connectivity index (χ1n) is 4.76. The summed E-state index contributed by atoms with van der Waals surface area (Å²) in [6.45, 7) is 0.607. The van der Waals surface area contributed by atoms with Gasteiger partial charge in [-0.3, -0.25) is 0 Å². The molecule has 1 N–H and O–H groups in total. The van der Waals surface area contributed by atoms with Crippen LogP contribution in [-0.4, -0.2) is 29.1 Å². The van der Waals surface area contributed by atoms with Gasteiger partial charge in [0, 0.05) is 12.1 Å². The molecule has 0 saturated carbocycles. The molecule has 16 heavy (non-hydrogen) atoms. The molecule has 0 atom stereocenters. The summed E-state index contributed by atoms with van der Waals surface area (Å²) in [5.74, 6) is -0.636. The van der Waals surface area contributed by atoms with E-state index in [-0.39, 0.29) is 11.5 Å². The Morgan fingerprint density at radius 3 is 2.88 bits per heavy atom. The minimum atomic E-state index is -0.546. The van der Waals surface area contributed by atoms with Gasteiger partial charge < -0.3 is 20.2 Å². The molecule has 1 aromatic rings. The quantitative estimate of drug-likeness (QED) is 0.454. The van der Waals surface area contributed by atoms with Gasteiger partial charge in [0.15, 0.2) is 0 Å². The molecule has 1 aliphatic heterocycles. The lowest BCUT2D eigenvalue weighted by atomic mass is 10.2. The van der Waals surface area contributed by atoms with Crippen molar-refractivity contribution in [3.63, 3.8) is 0 Å². The molecule has 0 amide bonds. The molecule has 7 nitrogen and oxygen atoms in total. The molecule has 1 aliphatic rings. The molecule has 0 aromatic carbocycles. The fourth-order valence-electron chi connectivity index (χ4n) is 2.04. The van der Waals surface area contributed by atoms with E-state index in [1.807, 2.05) is 0 Å². The molecule has 86 valence electrons. The lowest BCUT2D eigenvalue weighted by Crippen LogP contribution is -2.12. The van der Waals surface area contributed by atoms with Crippen LogP contribution in [0.25, 0.3) is 0 Å². The molecule has 0 bridgehead atoms. The van der Waals surface area contributed by atoms with Crippen molar-refractivity contribution in [3.05, 3.63) is 21.4 Å². The van der Waals surface area contributed by atoms with Crippen molar-refractivity contribution in [1.82, 2.24) is 4.57 Å². The van der Waals surface area contributed by atoms with Crippen LogP contribution in [0.1, 0.15) is 16.1 Å². The Hall–Kier alpha value is -2.05. The molecule has 0 aliphatic carbocycles. The van der Waals surface area contributed by atoms with Gasteiger partial charge in [0.05, 0.1) is 14.2 Å². The first-order valence-corrected chi connectivity index (χ1v) is 4.76. The number of hydrogen-bond donors (Lipinski definition) is 1. The fourth-order valence-corrected chi connectivity index (χ4v) is 2.04. The standard InChI is InChI=1S/C9H11N3O4/c1-11-7(9(13)16-2)5-3-4-10-6(5)8(11)12(14)15/h10H,3-4H2,1-2H3. The maximum absolute atomic E-state index is 11.5. The highest BCUT2D eigenvalue weighted by atomic mass is 16.6. The Morgan fingerprint density at radius 1 is 1.62 bits per heavy atom. The summed E-state index contributed by atoms with van der Waals surface area (Å²) in [5.41, 5.74) is 1.36. The highest BCUT2D eigenvalue weighted by molar-refractivity contribution is 5.94. The third kappa shape index (κ3) is 1.24. The van der Waals surface area contributed by atoms with Gasteiger partial charge in [0.2, 0.25) is 5.69 Å². The largest absolute Gasteiger partial charge is 0.463 e. The number of esters is 1. The number of nitrogens with one attached hydrogen (secondary N) is 1. The predicted molar refractivity (Wildman–Crippen MR) is 55.6 cm³/mol. The number of ether oxygens (including phenoxy) is 1. The summed E-state index contributed by atoms with van der Waals surface area (Å²) in [4.78, 5) is 21.9. The normalized spacial score (nSPS) is 13.1. The van der Waals surface area contributed by atoms with Crippen LogP contribution in [0.5, 0.6) is 0 Å². The molecular weight excluding hydrogens is 214 g/mol. The highest BCUT2D eigenvalue weighted by Gasteiger charge is 2.36. The Morgan fingerprint density at radius 2 is 2.31 bits per heavy atom. The second kappa shape index (κ2) is 3.51. The van der Waals surface area contributed by atoms with E-state index in [1.54, 1.807) is 0 Å². The number of methoxy groups -OCH3 is 1. The van der Waals surface area contributed by atoms with Gasteiger partial charge in [-0.1, -0.05) is 0 Å². The fraction of sp³-hybridized carbons (Fsp3) is 0.444. The zero-order valence-corrected chi connectivity index (χ0v) is 8.94. The summed E-state index contributed by atoms with van der Waals surface area (Å²) in [5, 5.41) is 13.8. The minimum absolute atomic E-state index is 0.0899. The van der Waals surface area contributed by atoms with Crippen molar-refractivity contribution in [2.24, 2.45) is 7.05 Å². The van der Waals surface area contributed by atoms with Crippen molar-refractivity contribution < 1.29 is 14.5 Å². The maximum Gasteiger partial charge on any atom is 0.378 e. The predicted octanol–water partition coefficient (Wildman–Crippen LogP) is 0.688.